The van der Waals surface area contributed by atoms with Gasteiger partial charge in [-0.05, 0) is 37.1 Å². The number of benzene rings is 1. The Morgan fingerprint density at radius 2 is 1.94 bits per heavy atom. The number of hydrogen-bond donors (Lipinski definition) is 1. The van der Waals surface area contributed by atoms with Crippen molar-refractivity contribution in [2.75, 3.05) is 18.4 Å². The number of rotatable bonds is 4. The molecule has 4 rings (SSSR count). The van der Waals surface area contributed by atoms with E-state index in [0.717, 1.165) is 5.01 Å². The van der Waals surface area contributed by atoms with Crippen LogP contribution in [0.4, 0.5) is 10.1 Å². The molecule has 3 aromatic rings. The lowest BCUT2D eigenvalue weighted by Crippen LogP contribution is -2.38. The lowest BCUT2D eigenvalue weighted by molar-refractivity contribution is 0.0708. The van der Waals surface area contributed by atoms with Crippen molar-refractivity contribution >= 4 is 52.0 Å². The van der Waals surface area contributed by atoms with Gasteiger partial charge >= 0.3 is 0 Å². The number of halogens is 3. The third kappa shape index (κ3) is 4.87. The van der Waals surface area contributed by atoms with Gasteiger partial charge in [0.05, 0.1) is 27.5 Å². The number of likely N-dealkylation sites (tertiary alicyclic amines) is 1. The molecule has 1 aromatic carbocycles. The van der Waals surface area contributed by atoms with E-state index in [2.05, 4.69) is 15.3 Å². The minimum atomic E-state index is -0.619. The Balaban J connectivity index is 1.37. The Morgan fingerprint density at radius 3 is 2.61 bits per heavy atom. The molecular formula is C21H17Cl2FN4O2S. The van der Waals surface area contributed by atoms with Crippen LogP contribution in [0, 0.1) is 5.82 Å². The van der Waals surface area contributed by atoms with Gasteiger partial charge < -0.3 is 10.2 Å². The molecule has 0 aliphatic carbocycles. The molecule has 31 heavy (non-hydrogen) atoms. The van der Waals surface area contributed by atoms with Crippen molar-refractivity contribution in [1.29, 1.82) is 0 Å². The molecule has 1 aliphatic heterocycles. The van der Waals surface area contributed by atoms with Crippen molar-refractivity contribution in [3.8, 4) is 0 Å². The minimum Gasteiger partial charge on any atom is -0.338 e. The van der Waals surface area contributed by atoms with E-state index in [4.69, 9.17) is 23.2 Å². The molecular weight excluding hydrogens is 462 g/mol. The smallest absolute Gasteiger partial charge is 0.275 e. The van der Waals surface area contributed by atoms with Crippen LogP contribution in [0.3, 0.4) is 0 Å². The summed E-state index contributed by atoms with van der Waals surface area (Å²) in [5.41, 5.74) is 0.765. The molecule has 1 aliphatic rings. The van der Waals surface area contributed by atoms with Crippen LogP contribution in [0.25, 0.3) is 0 Å². The maximum Gasteiger partial charge on any atom is 0.275 e. The largest absolute Gasteiger partial charge is 0.338 e. The van der Waals surface area contributed by atoms with Crippen LogP contribution in [0.15, 0.2) is 41.9 Å². The number of carbonyl (C=O) groups is 2. The van der Waals surface area contributed by atoms with E-state index in [0.29, 0.717) is 42.5 Å². The molecule has 0 bridgehead atoms. The maximum atomic E-state index is 14.1. The monoisotopic (exact) mass is 478 g/mol. The third-order valence-electron chi connectivity index (χ3n) is 5.05. The summed E-state index contributed by atoms with van der Waals surface area (Å²) in [4.78, 5) is 35.1. The molecule has 1 fully saturated rings. The van der Waals surface area contributed by atoms with Crippen molar-refractivity contribution in [1.82, 2.24) is 14.9 Å². The van der Waals surface area contributed by atoms with Gasteiger partial charge in [0.25, 0.3) is 11.8 Å². The van der Waals surface area contributed by atoms with Gasteiger partial charge in [-0.1, -0.05) is 29.3 Å². The van der Waals surface area contributed by atoms with Gasteiger partial charge in [-0.25, -0.2) is 14.4 Å². The number of amides is 2. The second-order valence-corrected chi connectivity index (χ2v) is 8.74. The highest BCUT2D eigenvalue weighted by Gasteiger charge is 2.29. The lowest BCUT2D eigenvalue weighted by atomic mass is 9.97. The van der Waals surface area contributed by atoms with Crippen molar-refractivity contribution in [2.24, 2.45) is 0 Å². The van der Waals surface area contributed by atoms with E-state index in [-0.39, 0.29) is 22.4 Å². The average Bonchev–Trinajstić information content (AvgIpc) is 3.26. The Bertz CT molecular complexity index is 1090. The van der Waals surface area contributed by atoms with Gasteiger partial charge in [-0.3, -0.25) is 9.59 Å². The normalized spacial score (nSPS) is 14.5. The summed E-state index contributed by atoms with van der Waals surface area (Å²) < 4.78 is 14.1. The van der Waals surface area contributed by atoms with E-state index in [1.54, 1.807) is 22.4 Å². The van der Waals surface area contributed by atoms with E-state index in [9.17, 15) is 14.0 Å². The van der Waals surface area contributed by atoms with Crippen LogP contribution in [-0.4, -0.2) is 39.8 Å². The molecule has 10 heteroatoms. The number of anilines is 1. The number of thiazole rings is 1. The average molecular weight is 479 g/mol. The zero-order valence-corrected chi connectivity index (χ0v) is 18.5. The molecule has 0 saturated carbocycles. The molecule has 1 N–H and O–H groups in total. The van der Waals surface area contributed by atoms with Crippen molar-refractivity contribution in [3.05, 3.63) is 74.2 Å². The summed E-state index contributed by atoms with van der Waals surface area (Å²) in [7, 11) is 0. The highest BCUT2D eigenvalue weighted by atomic mass is 35.5. The van der Waals surface area contributed by atoms with Crippen LogP contribution in [-0.2, 0) is 0 Å². The Kier molecular flexibility index (Phi) is 6.50. The van der Waals surface area contributed by atoms with Crippen molar-refractivity contribution in [3.63, 3.8) is 0 Å². The molecule has 6 nitrogen and oxygen atoms in total. The van der Waals surface area contributed by atoms with E-state index < -0.39 is 11.7 Å². The van der Waals surface area contributed by atoms with Gasteiger partial charge in [-0.15, -0.1) is 11.3 Å². The fraction of sp³-hybridized carbons (Fsp3) is 0.238. The van der Waals surface area contributed by atoms with E-state index in [1.165, 1.54) is 35.7 Å². The standard InChI is InChI=1S/C21H17Cl2FN4O2S/c22-14-2-1-3-15(24)18(14)21(30)28-8-6-12(7-9-28)20-27-16(11-31-20)19(29)26-13-4-5-17(23)25-10-13/h1-5,10-12H,6-9H2,(H,26,29). The number of hydrogen-bond acceptors (Lipinski definition) is 5. The highest BCUT2D eigenvalue weighted by Crippen LogP contribution is 2.32. The zero-order valence-electron chi connectivity index (χ0n) is 16.1. The van der Waals surface area contributed by atoms with E-state index in [1.807, 2.05) is 0 Å². The van der Waals surface area contributed by atoms with Gasteiger partial charge in [0.1, 0.15) is 16.7 Å². The molecule has 0 radical (unpaired) electrons. The molecule has 160 valence electrons. The SMILES string of the molecule is O=C(Nc1ccc(Cl)nc1)c1csc(C2CCN(C(=O)c3c(F)cccc3Cl)CC2)n1. The quantitative estimate of drug-likeness (QED) is 0.519. The van der Waals surface area contributed by atoms with Crippen LogP contribution in [0.2, 0.25) is 10.2 Å². The molecule has 0 atom stereocenters. The third-order valence-corrected chi connectivity index (χ3v) is 6.59. The fourth-order valence-electron chi connectivity index (χ4n) is 3.41. The number of piperidine rings is 1. The first-order chi connectivity index (χ1) is 14.9. The molecule has 3 heterocycles. The Hall–Kier alpha value is -2.55. The molecule has 1 saturated heterocycles. The van der Waals surface area contributed by atoms with Crippen molar-refractivity contribution in [2.45, 2.75) is 18.8 Å². The molecule has 0 unspecified atom stereocenters. The summed E-state index contributed by atoms with van der Waals surface area (Å²) in [5, 5.41) is 5.74. The number of pyridine rings is 1. The summed E-state index contributed by atoms with van der Waals surface area (Å²) >= 11 is 13.2. The Labute approximate surface area is 192 Å². The molecule has 2 amide bonds. The number of carbonyl (C=O) groups excluding carboxylic acids is 2. The minimum absolute atomic E-state index is 0.0903. The van der Waals surface area contributed by atoms with Gasteiger partial charge in [0.2, 0.25) is 0 Å². The summed E-state index contributed by atoms with van der Waals surface area (Å²) in [6.07, 6.45) is 2.82. The summed E-state index contributed by atoms with van der Waals surface area (Å²) in [5.74, 6) is -1.22. The number of nitrogens with one attached hydrogen (secondary N) is 1. The Morgan fingerprint density at radius 1 is 1.16 bits per heavy atom. The zero-order chi connectivity index (χ0) is 22.0. The number of nitrogens with zero attached hydrogens (tertiary/aromatic N) is 3. The topological polar surface area (TPSA) is 75.2 Å². The summed E-state index contributed by atoms with van der Waals surface area (Å²) in [6, 6.07) is 7.46. The maximum absolute atomic E-state index is 14.1. The van der Waals surface area contributed by atoms with Gasteiger partial charge in [0, 0.05) is 24.4 Å². The fourth-order valence-corrected chi connectivity index (χ4v) is 4.74. The second-order valence-electron chi connectivity index (χ2n) is 7.06. The molecule has 0 spiro atoms. The summed E-state index contributed by atoms with van der Waals surface area (Å²) in [6.45, 7) is 0.928. The van der Waals surface area contributed by atoms with Gasteiger partial charge in [-0.2, -0.15) is 0 Å². The van der Waals surface area contributed by atoms with E-state index >= 15 is 0 Å². The van der Waals surface area contributed by atoms with Crippen LogP contribution in [0.5, 0.6) is 0 Å². The predicted molar refractivity (Wildman–Crippen MR) is 119 cm³/mol. The van der Waals surface area contributed by atoms with Crippen LogP contribution < -0.4 is 5.32 Å². The van der Waals surface area contributed by atoms with Crippen LogP contribution >= 0.6 is 34.5 Å². The van der Waals surface area contributed by atoms with Crippen LogP contribution in [0.1, 0.15) is 44.6 Å². The van der Waals surface area contributed by atoms with Crippen molar-refractivity contribution < 1.29 is 14.0 Å². The second kappa shape index (κ2) is 9.30. The lowest BCUT2D eigenvalue weighted by Gasteiger charge is -2.31. The predicted octanol–water partition coefficient (Wildman–Crippen LogP) is 5.26. The highest BCUT2D eigenvalue weighted by molar-refractivity contribution is 7.10. The molecule has 2 aromatic heterocycles. The first-order valence-corrected chi connectivity index (χ1v) is 11.2. The first-order valence-electron chi connectivity index (χ1n) is 9.54. The number of aromatic nitrogens is 2. The first kappa shape index (κ1) is 21.7. The van der Waals surface area contributed by atoms with Gasteiger partial charge in [0.15, 0.2) is 0 Å².